The number of carbonyl (C=O) groups is 2. The molecule has 2 heterocycles. The van der Waals surface area contributed by atoms with Crippen molar-refractivity contribution in [3.8, 4) is 5.69 Å². The SMILES string of the molecule is O=Cc1cn(-c2cncc(C(=O)O)c2)cn1. The number of aldehydes is 1. The molecule has 2 rings (SSSR count). The molecule has 0 aliphatic carbocycles. The second-order valence-corrected chi connectivity index (χ2v) is 3.06. The molecule has 0 spiro atoms. The first-order valence-corrected chi connectivity index (χ1v) is 4.38. The van der Waals surface area contributed by atoms with Gasteiger partial charge in [-0.1, -0.05) is 0 Å². The summed E-state index contributed by atoms with van der Waals surface area (Å²) in [7, 11) is 0. The number of aromatic carboxylic acids is 1. The summed E-state index contributed by atoms with van der Waals surface area (Å²) in [5, 5.41) is 8.79. The Bertz CT molecular complexity index is 548. The van der Waals surface area contributed by atoms with Crippen LogP contribution in [0.25, 0.3) is 5.69 Å². The molecule has 1 N–H and O–H groups in total. The van der Waals surface area contributed by atoms with Gasteiger partial charge in [-0.15, -0.1) is 0 Å². The van der Waals surface area contributed by atoms with E-state index in [1.54, 1.807) is 0 Å². The van der Waals surface area contributed by atoms with E-state index in [0.717, 1.165) is 0 Å². The summed E-state index contributed by atoms with van der Waals surface area (Å²) in [6, 6.07) is 1.45. The molecule has 0 saturated carbocycles. The molecular formula is C10H7N3O3. The van der Waals surface area contributed by atoms with Gasteiger partial charge in [-0.2, -0.15) is 0 Å². The van der Waals surface area contributed by atoms with Gasteiger partial charge >= 0.3 is 5.97 Å². The van der Waals surface area contributed by atoms with E-state index in [4.69, 9.17) is 5.11 Å². The Morgan fingerprint density at radius 3 is 2.88 bits per heavy atom. The molecule has 2 aromatic heterocycles. The molecule has 0 aliphatic rings. The molecule has 0 aromatic carbocycles. The Hall–Kier alpha value is -2.50. The van der Waals surface area contributed by atoms with E-state index < -0.39 is 5.97 Å². The van der Waals surface area contributed by atoms with E-state index in [2.05, 4.69) is 9.97 Å². The van der Waals surface area contributed by atoms with E-state index in [1.807, 2.05) is 0 Å². The first-order chi connectivity index (χ1) is 7.70. The van der Waals surface area contributed by atoms with Gasteiger partial charge in [0.05, 0.1) is 17.4 Å². The number of pyridine rings is 1. The zero-order valence-corrected chi connectivity index (χ0v) is 8.07. The summed E-state index contributed by atoms with van der Waals surface area (Å²) in [4.78, 5) is 28.8. The lowest BCUT2D eigenvalue weighted by molar-refractivity contribution is 0.0696. The highest BCUT2D eigenvalue weighted by Gasteiger charge is 2.06. The van der Waals surface area contributed by atoms with Crippen LogP contribution in [0.3, 0.4) is 0 Å². The molecule has 0 radical (unpaired) electrons. The van der Waals surface area contributed by atoms with Gasteiger partial charge in [0.2, 0.25) is 0 Å². The van der Waals surface area contributed by atoms with Crippen LogP contribution in [0.1, 0.15) is 20.8 Å². The quantitative estimate of drug-likeness (QED) is 0.768. The summed E-state index contributed by atoms with van der Waals surface area (Å²) in [5.74, 6) is -1.05. The van der Waals surface area contributed by atoms with Gasteiger partial charge in [0.1, 0.15) is 12.0 Å². The molecule has 0 saturated heterocycles. The Kier molecular flexibility index (Phi) is 2.47. The average molecular weight is 217 g/mol. The van der Waals surface area contributed by atoms with Crippen LogP contribution in [-0.2, 0) is 0 Å². The molecule has 6 nitrogen and oxygen atoms in total. The van der Waals surface area contributed by atoms with Crippen molar-refractivity contribution in [1.82, 2.24) is 14.5 Å². The van der Waals surface area contributed by atoms with Crippen LogP contribution < -0.4 is 0 Å². The van der Waals surface area contributed by atoms with E-state index >= 15 is 0 Å². The predicted molar refractivity (Wildman–Crippen MR) is 53.7 cm³/mol. The number of hydrogen-bond acceptors (Lipinski definition) is 4. The lowest BCUT2D eigenvalue weighted by Crippen LogP contribution is -2.00. The van der Waals surface area contributed by atoms with E-state index in [9.17, 15) is 9.59 Å². The maximum atomic E-state index is 10.7. The zero-order valence-electron chi connectivity index (χ0n) is 8.07. The average Bonchev–Trinajstić information content (AvgIpc) is 2.77. The van der Waals surface area contributed by atoms with Crippen LogP contribution in [0, 0.1) is 0 Å². The third kappa shape index (κ3) is 1.81. The standard InChI is InChI=1S/C10H7N3O3/c14-5-8-4-13(6-12-8)9-1-7(10(15)16)2-11-3-9/h1-6H,(H,15,16). The highest BCUT2D eigenvalue weighted by Crippen LogP contribution is 2.09. The maximum absolute atomic E-state index is 10.7. The number of carbonyl (C=O) groups excluding carboxylic acids is 1. The van der Waals surface area contributed by atoms with Crippen LogP contribution >= 0.6 is 0 Å². The third-order valence-corrected chi connectivity index (χ3v) is 1.99. The molecule has 80 valence electrons. The monoisotopic (exact) mass is 217 g/mol. The summed E-state index contributed by atoms with van der Waals surface area (Å²) < 4.78 is 1.53. The van der Waals surface area contributed by atoms with Crippen molar-refractivity contribution in [1.29, 1.82) is 0 Å². The Morgan fingerprint density at radius 1 is 1.44 bits per heavy atom. The van der Waals surface area contributed by atoms with Crippen molar-refractivity contribution in [2.24, 2.45) is 0 Å². The third-order valence-electron chi connectivity index (χ3n) is 1.99. The van der Waals surface area contributed by atoms with Crippen molar-refractivity contribution in [2.75, 3.05) is 0 Å². The van der Waals surface area contributed by atoms with E-state index in [0.29, 0.717) is 12.0 Å². The molecule has 0 aliphatic heterocycles. The van der Waals surface area contributed by atoms with Gasteiger partial charge in [0.25, 0.3) is 0 Å². The molecule has 0 atom stereocenters. The van der Waals surface area contributed by atoms with Crippen LogP contribution in [-0.4, -0.2) is 31.9 Å². The number of nitrogens with zero attached hydrogens (tertiary/aromatic N) is 3. The molecule has 16 heavy (non-hydrogen) atoms. The molecule has 0 unspecified atom stereocenters. The van der Waals surface area contributed by atoms with Gasteiger partial charge < -0.3 is 9.67 Å². The maximum Gasteiger partial charge on any atom is 0.337 e. The summed E-state index contributed by atoms with van der Waals surface area (Å²) >= 11 is 0. The summed E-state index contributed by atoms with van der Waals surface area (Å²) in [6.45, 7) is 0. The van der Waals surface area contributed by atoms with Crippen LogP contribution in [0.5, 0.6) is 0 Å². The van der Waals surface area contributed by atoms with Gasteiger partial charge in [-0.3, -0.25) is 9.78 Å². The summed E-state index contributed by atoms with van der Waals surface area (Å²) in [5.41, 5.74) is 0.903. The van der Waals surface area contributed by atoms with Gasteiger partial charge in [0.15, 0.2) is 6.29 Å². The van der Waals surface area contributed by atoms with Crippen molar-refractivity contribution in [3.63, 3.8) is 0 Å². The Morgan fingerprint density at radius 2 is 2.25 bits per heavy atom. The van der Waals surface area contributed by atoms with Crippen LogP contribution in [0.15, 0.2) is 31.0 Å². The molecule has 2 aromatic rings. The fourth-order valence-corrected chi connectivity index (χ4v) is 1.23. The van der Waals surface area contributed by atoms with Crippen molar-refractivity contribution in [2.45, 2.75) is 0 Å². The topological polar surface area (TPSA) is 85.1 Å². The van der Waals surface area contributed by atoms with Crippen molar-refractivity contribution >= 4 is 12.3 Å². The van der Waals surface area contributed by atoms with Crippen molar-refractivity contribution < 1.29 is 14.7 Å². The predicted octanol–water partition coefficient (Wildman–Crippen LogP) is 0.778. The number of imidazole rings is 1. The van der Waals surface area contributed by atoms with Gasteiger partial charge in [-0.25, -0.2) is 9.78 Å². The van der Waals surface area contributed by atoms with E-state index in [1.165, 1.54) is 35.6 Å². The molecule has 6 heteroatoms. The fourth-order valence-electron chi connectivity index (χ4n) is 1.23. The first-order valence-electron chi connectivity index (χ1n) is 4.38. The molecule has 0 fully saturated rings. The van der Waals surface area contributed by atoms with Crippen LogP contribution in [0.4, 0.5) is 0 Å². The number of carboxylic acids is 1. The van der Waals surface area contributed by atoms with Crippen LogP contribution in [0.2, 0.25) is 0 Å². The Labute approximate surface area is 90.2 Å². The minimum atomic E-state index is -1.05. The van der Waals surface area contributed by atoms with Gasteiger partial charge in [0, 0.05) is 12.4 Å². The fraction of sp³-hybridized carbons (Fsp3) is 0. The second-order valence-electron chi connectivity index (χ2n) is 3.06. The lowest BCUT2D eigenvalue weighted by Gasteiger charge is -2.01. The smallest absolute Gasteiger partial charge is 0.337 e. The number of aromatic nitrogens is 3. The molecule has 0 bridgehead atoms. The molecular weight excluding hydrogens is 210 g/mol. The number of carboxylic acid groups (broad SMARTS) is 1. The highest BCUT2D eigenvalue weighted by atomic mass is 16.4. The van der Waals surface area contributed by atoms with E-state index in [-0.39, 0.29) is 11.3 Å². The number of rotatable bonds is 3. The minimum absolute atomic E-state index is 0.0823. The normalized spacial score (nSPS) is 10.0. The highest BCUT2D eigenvalue weighted by molar-refractivity contribution is 5.87. The Balaban J connectivity index is 2.43. The minimum Gasteiger partial charge on any atom is -0.478 e. The van der Waals surface area contributed by atoms with Crippen molar-refractivity contribution in [3.05, 3.63) is 42.2 Å². The lowest BCUT2D eigenvalue weighted by atomic mass is 10.2. The summed E-state index contributed by atoms with van der Waals surface area (Å²) in [6.07, 6.45) is 6.28. The zero-order chi connectivity index (χ0) is 11.5. The number of hydrogen-bond donors (Lipinski definition) is 1. The molecule has 0 amide bonds. The second kappa shape index (κ2) is 3.93. The van der Waals surface area contributed by atoms with Gasteiger partial charge in [-0.05, 0) is 6.07 Å². The first kappa shape index (κ1) is 10.0. The largest absolute Gasteiger partial charge is 0.478 e.